The average Bonchev–Trinajstić information content (AvgIpc) is 2.51. The van der Waals surface area contributed by atoms with E-state index in [0.29, 0.717) is 9.52 Å². The van der Waals surface area contributed by atoms with Crippen LogP contribution in [0, 0.1) is 0 Å². The fourth-order valence-electron chi connectivity index (χ4n) is 2.46. The highest BCUT2D eigenvalue weighted by Gasteiger charge is 2.08. The van der Waals surface area contributed by atoms with Crippen LogP contribution < -0.4 is 10.4 Å². The van der Waals surface area contributed by atoms with Gasteiger partial charge in [-0.2, -0.15) is 0 Å². The fourth-order valence-corrected chi connectivity index (χ4v) is 3.81. The fraction of sp³-hybridized carbons (Fsp3) is 0.0526. The molecule has 0 heterocycles. The largest absolute Gasteiger partial charge is 0.122 e. The molecule has 0 atom stereocenters. The summed E-state index contributed by atoms with van der Waals surface area (Å²) in [6, 6.07) is 23.8. The van der Waals surface area contributed by atoms with E-state index in [1.54, 1.807) is 0 Å². The lowest BCUT2D eigenvalue weighted by atomic mass is 10.0. The van der Waals surface area contributed by atoms with Gasteiger partial charge in [0.15, 0.2) is 0 Å². The highest BCUT2D eigenvalue weighted by atomic mass is 28.2. The van der Waals surface area contributed by atoms with Crippen molar-refractivity contribution >= 4 is 30.7 Å². The summed E-state index contributed by atoms with van der Waals surface area (Å²) < 4.78 is 0. The van der Waals surface area contributed by atoms with Crippen LogP contribution in [0.2, 0.25) is 0 Å². The molecule has 0 amide bonds. The van der Waals surface area contributed by atoms with Gasteiger partial charge < -0.3 is 0 Å². The van der Waals surface area contributed by atoms with Gasteiger partial charge in [0.25, 0.3) is 0 Å². The molecule has 0 aliphatic heterocycles. The van der Waals surface area contributed by atoms with E-state index in [1.807, 2.05) is 6.08 Å². The molecule has 3 aromatic carbocycles. The summed E-state index contributed by atoms with van der Waals surface area (Å²) in [7, 11) is 0.691. The maximum Gasteiger partial charge on any atom is 0.122 e. The molecule has 96 valence electrons. The quantitative estimate of drug-likeness (QED) is 0.505. The summed E-state index contributed by atoms with van der Waals surface area (Å²) in [4.78, 5) is 0. The van der Waals surface area contributed by atoms with Crippen LogP contribution >= 0.6 is 0 Å². The molecule has 0 bridgehead atoms. The highest BCUT2D eigenvalue weighted by molar-refractivity contribution is 6.70. The van der Waals surface area contributed by atoms with Gasteiger partial charge in [-0.1, -0.05) is 78.0 Å². The van der Waals surface area contributed by atoms with Gasteiger partial charge in [0.1, 0.15) is 9.52 Å². The third-order valence-electron chi connectivity index (χ3n) is 3.42. The zero-order valence-corrected chi connectivity index (χ0v) is 12.3. The molecule has 3 rings (SSSR count). The first kappa shape index (κ1) is 12.9. The van der Waals surface area contributed by atoms with Crippen molar-refractivity contribution < 1.29 is 0 Å². The van der Waals surface area contributed by atoms with Crippen LogP contribution in [0.5, 0.6) is 0 Å². The molecule has 0 aromatic heterocycles. The van der Waals surface area contributed by atoms with E-state index in [4.69, 9.17) is 0 Å². The summed E-state index contributed by atoms with van der Waals surface area (Å²) in [5, 5.41) is 5.52. The number of hydrogen-bond acceptors (Lipinski definition) is 0. The van der Waals surface area contributed by atoms with Gasteiger partial charge in [-0.05, 0) is 27.9 Å². The summed E-state index contributed by atoms with van der Waals surface area (Å²) in [5.74, 6) is 0. The topological polar surface area (TPSA) is 0 Å². The molecule has 0 spiro atoms. The smallest absolute Gasteiger partial charge is 0.103 e. The zero-order valence-electron chi connectivity index (χ0n) is 11.3. The van der Waals surface area contributed by atoms with Crippen LogP contribution in [0.25, 0.3) is 10.8 Å². The van der Waals surface area contributed by atoms with Crippen LogP contribution in [0.1, 0.15) is 5.56 Å². The Morgan fingerprint density at radius 1 is 0.850 bits per heavy atom. The van der Waals surface area contributed by atoms with Crippen LogP contribution in [0.4, 0.5) is 0 Å². The summed E-state index contributed by atoms with van der Waals surface area (Å²) in [5.41, 5.74) is 1.39. The van der Waals surface area contributed by atoms with E-state index >= 15 is 0 Å². The van der Waals surface area contributed by atoms with Gasteiger partial charge in [0, 0.05) is 0 Å². The maximum atomic E-state index is 3.89. The second kappa shape index (κ2) is 5.89. The summed E-state index contributed by atoms with van der Waals surface area (Å²) in [6.07, 6.45) is 2.92. The maximum absolute atomic E-state index is 3.89. The van der Waals surface area contributed by atoms with Gasteiger partial charge >= 0.3 is 0 Å². The van der Waals surface area contributed by atoms with Crippen LogP contribution in [0.15, 0.2) is 79.4 Å². The molecule has 3 aromatic rings. The molecule has 20 heavy (non-hydrogen) atoms. The van der Waals surface area contributed by atoms with E-state index < -0.39 is 0 Å². The van der Waals surface area contributed by atoms with E-state index in [0.717, 1.165) is 6.42 Å². The Morgan fingerprint density at radius 3 is 2.40 bits per heavy atom. The van der Waals surface area contributed by atoms with Gasteiger partial charge in [0.05, 0.1) is 0 Å². The van der Waals surface area contributed by atoms with Crippen molar-refractivity contribution in [3.05, 3.63) is 84.9 Å². The first-order valence-corrected chi connectivity index (χ1v) is 7.82. The minimum Gasteiger partial charge on any atom is -0.103 e. The Kier molecular flexibility index (Phi) is 3.80. The molecule has 0 aliphatic carbocycles. The molecular weight excluding hydrogens is 256 g/mol. The lowest BCUT2D eigenvalue weighted by Crippen LogP contribution is -2.30. The molecule has 1 heteroatoms. The normalized spacial score (nSPS) is 10.6. The highest BCUT2D eigenvalue weighted by Crippen LogP contribution is 2.14. The Bertz CT molecular complexity index is 729. The monoisotopic (exact) mass is 272 g/mol. The molecule has 2 radical (unpaired) electrons. The SMILES string of the molecule is C=CCc1ccc2ccccc2c1[Si]c1ccccc1. The van der Waals surface area contributed by atoms with Gasteiger partial charge in [0.2, 0.25) is 0 Å². The molecular formula is C19H16Si. The second-order valence-electron chi connectivity index (χ2n) is 4.80. The molecule has 0 N–H and O–H groups in total. The molecule has 0 fully saturated rings. The number of allylic oxidation sites excluding steroid dienone is 1. The lowest BCUT2D eigenvalue weighted by molar-refractivity contribution is 1.31. The van der Waals surface area contributed by atoms with Crippen LogP contribution in [-0.2, 0) is 6.42 Å². The van der Waals surface area contributed by atoms with E-state index in [9.17, 15) is 0 Å². The number of fused-ring (bicyclic) bond motifs is 1. The van der Waals surface area contributed by atoms with Crippen molar-refractivity contribution in [1.82, 2.24) is 0 Å². The molecule has 0 aliphatic rings. The minimum absolute atomic E-state index is 0.691. The van der Waals surface area contributed by atoms with Crippen LogP contribution in [0.3, 0.4) is 0 Å². The van der Waals surface area contributed by atoms with Gasteiger partial charge in [-0.3, -0.25) is 0 Å². The summed E-state index contributed by atoms with van der Waals surface area (Å²) in [6.45, 7) is 3.89. The number of rotatable bonds is 4. The molecule has 0 saturated heterocycles. The van der Waals surface area contributed by atoms with Gasteiger partial charge in [-0.25, -0.2) is 0 Å². The first-order valence-electron chi connectivity index (χ1n) is 6.82. The Hall–Kier alpha value is -2.12. The standard InChI is InChI=1S/C19H16Si/c1-2-8-16-14-13-15-9-6-7-12-18(15)19(16)20-17-10-4-3-5-11-17/h2-7,9-14H,1,8H2. The minimum atomic E-state index is 0.691. The lowest BCUT2D eigenvalue weighted by Gasteiger charge is -2.11. The Labute approximate surface area is 122 Å². The Morgan fingerprint density at radius 2 is 1.60 bits per heavy atom. The van der Waals surface area contributed by atoms with Crippen molar-refractivity contribution in [2.45, 2.75) is 6.42 Å². The predicted molar refractivity (Wildman–Crippen MR) is 89.3 cm³/mol. The van der Waals surface area contributed by atoms with Crippen molar-refractivity contribution in [2.24, 2.45) is 0 Å². The van der Waals surface area contributed by atoms with Crippen molar-refractivity contribution in [1.29, 1.82) is 0 Å². The van der Waals surface area contributed by atoms with Crippen molar-refractivity contribution in [3.8, 4) is 0 Å². The predicted octanol–water partition coefficient (Wildman–Crippen LogP) is 3.22. The van der Waals surface area contributed by atoms with Crippen molar-refractivity contribution in [2.75, 3.05) is 0 Å². The van der Waals surface area contributed by atoms with E-state index in [2.05, 4.69) is 73.3 Å². The van der Waals surface area contributed by atoms with Gasteiger partial charge in [-0.15, -0.1) is 6.58 Å². The van der Waals surface area contributed by atoms with Crippen molar-refractivity contribution in [3.63, 3.8) is 0 Å². The average molecular weight is 272 g/mol. The van der Waals surface area contributed by atoms with E-state index in [1.165, 1.54) is 26.7 Å². The third-order valence-corrected chi connectivity index (χ3v) is 4.89. The van der Waals surface area contributed by atoms with E-state index in [-0.39, 0.29) is 0 Å². The molecule has 0 nitrogen and oxygen atoms in total. The number of hydrogen-bond donors (Lipinski definition) is 0. The van der Waals surface area contributed by atoms with Crippen LogP contribution in [-0.4, -0.2) is 9.52 Å². The first-order chi connectivity index (χ1) is 9.88. The Balaban J connectivity index is 2.14. The third kappa shape index (κ3) is 2.58. The molecule has 0 unspecified atom stereocenters. The molecule has 0 saturated carbocycles. The summed E-state index contributed by atoms with van der Waals surface area (Å²) >= 11 is 0. The number of benzene rings is 3. The zero-order chi connectivity index (χ0) is 13.8. The second-order valence-corrected chi connectivity index (χ2v) is 6.13.